The van der Waals surface area contributed by atoms with Crippen LogP contribution < -0.4 is 61.7 Å². The average molecular weight is 303 g/mol. The van der Waals surface area contributed by atoms with E-state index in [1.54, 1.807) is 18.6 Å². The SMILES string of the molecule is CCNc1nc(C#Cc2cnccn2)nc2[n-]cnc12.[K+]. The fourth-order valence-electron chi connectivity index (χ4n) is 1.62. The van der Waals surface area contributed by atoms with Gasteiger partial charge in [0.15, 0.2) is 0 Å². The zero-order chi connectivity index (χ0) is 13.8. The number of fused-ring (bicyclic) bond motifs is 1. The van der Waals surface area contributed by atoms with Gasteiger partial charge in [0.1, 0.15) is 17.3 Å². The van der Waals surface area contributed by atoms with Gasteiger partial charge in [-0.15, -0.1) is 0 Å². The molecule has 0 aromatic carbocycles. The summed E-state index contributed by atoms with van der Waals surface area (Å²) in [5, 5.41) is 3.13. The zero-order valence-electron chi connectivity index (χ0n) is 11.7. The molecule has 0 atom stereocenters. The van der Waals surface area contributed by atoms with E-state index in [2.05, 4.69) is 47.1 Å². The first-order chi connectivity index (χ1) is 9.86. The Kier molecular flexibility index (Phi) is 5.78. The molecule has 0 bridgehead atoms. The van der Waals surface area contributed by atoms with Gasteiger partial charge in [-0.3, -0.25) is 4.98 Å². The van der Waals surface area contributed by atoms with Crippen molar-refractivity contribution in [3.05, 3.63) is 36.4 Å². The Morgan fingerprint density at radius 3 is 2.86 bits per heavy atom. The van der Waals surface area contributed by atoms with E-state index in [-0.39, 0.29) is 51.4 Å². The summed E-state index contributed by atoms with van der Waals surface area (Å²) in [5.41, 5.74) is 1.74. The predicted octanol–water partition coefficient (Wildman–Crippen LogP) is -2.39. The maximum Gasteiger partial charge on any atom is 1.00 e. The molecule has 0 spiro atoms. The molecule has 3 heterocycles. The van der Waals surface area contributed by atoms with Gasteiger partial charge in [0, 0.05) is 30.1 Å². The topological polar surface area (TPSA) is 90.6 Å². The minimum atomic E-state index is 0. The van der Waals surface area contributed by atoms with Gasteiger partial charge in [0.2, 0.25) is 0 Å². The second kappa shape index (κ2) is 7.58. The maximum absolute atomic E-state index is 4.33. The number of rotatable bonds is 2. The monoisotopic (exact) mass is 303 g/mol. The molecule has 3 aromatic rings. The molecule has 0 saturated heterocycles. The summed E-state index contributed by atoms with van der Waals surface area (Å²) in [6.07, 6.45) is 6.22. The second-order valence-electron chi connectivity index (χ2n) is 3.81. The van der Waals surface area contributed by atoms with Gasteiger partial charge in [-0.05, 0) is 25.1 Å². The van der Waals surface area contributed by atoms with Crippen molar-refractivity contribution in [1.82, 2.24) is 29.9 Å². The van der Waals surface area contributed by atoms with Crippen molar-refractivity contribution in [1.29, 1.82) is 0 Å². The number of nitrogens with one attached hydrogen (secondary N) is 1. The molecule has 1 N–H and O–H groups in total. The van der Waals surface area contributed by atoms with Gasteiger partial charge >= 0.3 is 51.4 Å². The smallest absolute Gasteiger partial charge is 0.370 e. The summed E-state index contributed by atoms with van der Waals surface area (Å²) >= 11 is 0. The number of hydrogen-bond acceptors (Lipinski definition) is 6. The van der Waals surface area contributed by atoms with Gasteiger partial charge in [0.05, 0.1) is 6.20 Å². The third-order valence-corrected chi connectivity index (χ3v) is 2.44. The molecular weight excluding hydrogens is 293 g/mol. The molecule has 0 aliphatic carbocycles. The van der Waals surface area contributed by atoms with Crippen LogP contribution in [-0.4, -0.2) is 31.5 Å². The Balaban J connectivity index is 0.00000161. The Labute approximate surface area is 163 Å². The molecule has 0 radical (unpaired) electrons. The Hall–Kier alpha value is -1.37. The largest absolute Gasteiger partial charge is 1.00 e. The van der Waals surface area contributed by atoms with Crippen molar-refractivity contribution >= 4 is 17.0 Å². The van der Waals surface area contributed by atoms with Crippen molar-refractivity contribution in [2.75, 3.05) is 11.9 Å². The molecule has 21 heavy (non-hydrogen) atoms. The van der Waals surface area contributed by atoms with Gasteiger partial charge in [-0.1, -0.05) is 0 Å². The van der Waals surface area contributed by atoms with Crippen LogP contribution in [0.25, 0.3) is 11.2 Å². The normalized spacial score (nSPS) is 9.57. The Morgan fingerprint density at radius 1 is 1.19 bits per heavy atom. The zero-order valence-corrected chi connectivity index (χ0v) is 14.8. The van der Waals surface area contributed by atoms with Crippen molar-refractivity contribution in [3.8, 4) is 11.8 Å². The van der Waals surface area contributed by atoms with Crippen LogP contribution in [0.3, 0.4) is 0 Å². The third kappa shape index (κ3) is 3.84. The van der Waals surface area contributed by atoms with Crippen molar-refractivity contribution in [3.63, 3.8) is 0 Å². The molecule has 0 fully saturated rings. The van der Waals surface area contributed by atoms with E-state index in [4.69, 9.17) is 0 Å². The quantitative estimate of drug-likeness (QED) is 0.417. The van der Waals surface area contributed by atoms with Crippen LogP contribution >= 0.6 is 0 Å². The predicted molar refractivity (Wildman–Crippen MR) is 72.8 cm³/mol. The Morgan fingerprint density at radius 2 is 2.10 bits per heavy atom. The standard InChI is InChI=1S/C13H10N7.K/c1-2-15-12-11-13(18-8-17-11)20-10(19-12)4-3-9-7-14-5-6-16-9;/h5-8H,2H2,1H3,(H-,15,17,18,19,20);/q-1;+1. The minimum absolute atomic E-state index is 0. The molecule has 0 saturated carbocycles. The van der Waals surface area contributed by atoms with E-state index in [1.165, 1.54) is 6.33 Å². The van der Waals surface area contributed by atoms with Crippen LogP contribution in [0.4, 0.5) is 5.82 Å². The van der Waals surface area contributed by atoms with Crippen LogP contribution in [0.2, 0.25) is 0 Å². The van der Waals surface area contributed by atoms with E-state index < -0.39 is 0 Å². The van der Waals surface area contributed by atoms with Gasteiger partial charge in [-0.2, -0.15) is 0 Å². The molecule has 3 rings (SSSR count). The van der Waals surface area contributed by atoms with Crippen LogP contribution in [0.15, 0.2) is 24.9 Å². The molecule has 0 aliphatic heterocycles. The molecule has 0 unspecified atom stereocenters. The molecule has 0 aliphatic rings. The summed E-state index contributed by atoms with van der Waals surface area (Å²) in [5.74, 6) is 6.73. The minimum Gasteiger partial charge on any atom is -0.370 e. The first-order valence-corrected chi connectivity index (χ1v) is 6.04. The maximum atomic E-state index is 4.33. The number of imidazole rings is 1. The molecule has 3 aromatic heterocycles. The molecule has 8 heteroatoms. The summed E-state index contributed by atoms with van der Waals surface area (Å²) < 4.78 is 0. The van der Waals surface area contributed by atoms with Crippen molar-refractivity contribution in [2.24, 2.45) is 0 Å². The van der Waals surface area contributed by atoms with Gasteiger partial charge in [0.25, 0.3) is 0 Å². The van der Waals surface area contributed by atoms with Crippen LogP contribution in [-0.2, 0) is 0 Å². The summed E-state index contributed by atoms with van der Waals surface area (Å²) in [6.45, 7) is 2.71. The van der Waals surface area contributed by atoms with Gasteiger partial charge in [-0.25, -0.2) is 9.97 Å². The first-order valence-electron chi connectivity index (χ1n) is 6.04. The number of hydrogen-bond donors (Lipinski definition) is 1. The van der Waals surface area contributed by atoms with Gasteiger partial charge < -0.3 is 20.3 Å². The fourth-order valence-corrected chi connectivity index (χ4v) is 1.62. The number of anilines is 1. The summed E-state index contributed by atoms with van der Waals surface area (Å²) in [6, 6.07) is 0. The Bertz CT molecular complexity index is 788. The van der Waals surface area contributed by atoms with Crippen molar-refractivity contribution in [2.45, 2.75) is 6.92 Å². The number of nitrogens with zero attached hydrogens (tertiary/aromatic N) is 6. The van der Waals surface area contributed by atoms with E-state index >= 15 is 0 Å². The fraction of sp³-hybridized carbons (Fsp3) is 0.154. The second-order valence-corrected chi connectivity index (χ2v) is 3.81. The third-order valence-electron chi connectivity index (χ3n) is 2.44. The number of aromatic nitrogens is 6. The molecule has 98 valence electrons. The van der Waals surface area contributed by atoms with Crippen LogP contribution in [0.1, 0.15) is 18.4 Å². The van der Waals surface area contributed by atoms with Crippen LogP contribution in [0, 0.1) is 11.8 Å². The van der Waals surface area contributed by atoms with E-state index in [9.17, 15) is 0 Å². The molecule has 7 nitrogen and oxygen atoms in total. The van der Waals surface area contributed by atoms with E-state index in [1.807, 2.05) is 6.92 Å². The first kappa shape index (κ1) is 16.0. The van der Waals surface area contributed by atoms with Crippen molar-refractivity contribution < 1.29 is 51.4 Å². The molecule has 0 amide bonds. The summed E-state index contributed by atoms with van der Waals surface area (Å²) in [4.78, 5) is 24.8. The molecular formula is C13H10KN7. The summed E-state index contributed by atoms with van der Waals surface area (Å²) in [7, 11) is 0. The average Bonchev–Trinajstić information content (AvgIpc) is 2.95. The van der Waals surface area contributed by atoms with Crippen LogP contribution in [0.5, 0.6) is 0 Å². The van der Waals surface area contributed by atoms with E-state index in [0.717, 1.165) is 6.54 Å². The van der Waals surface area contributed by atoms with E-state index in [0.29, 0.717) is 28.5 Å².